The van der Waals surface area contributed by atoms with Gasteiger partial charge in [0.15, 0.2) is 0 Å². The van der Waals surface area contributed by atoms with Gasteiger partial charge >= 0.3 is 0 Å². The maximum atomic E-state index is 3.66. The lowest BCUT2D eigenvalue weighted by Gasteiger charge is -1.92. The minimum absolute atomic E-state index is 0. The van der Waals surface area contributed by atoms with E-state index in [1.807, 2.05) is 36.4 Å². The summed E-state index contributed by atoms with van der Waals surface area (Å²) in [6, 6.07) is 8.07. The molecule has 0 amide bonds. The maximum absolute atomic E-state index is 3.66. The van der Waals surface area contributed by atoms with E-state index < -0.39 is 0 Å². The van der Waals surface area contributed by atoms with Crippen LogP contribution >= 0.6 is 12.4 Å². The third-order valence-corrected chi connectivity index (χ3v) is 1.41. The summed E-state index contributed by atoms with van der Waals surface area (Å²) >= 11 is 0. The van der Waals surface area contributed by atoms with Crippen molar-refractivity contribution in [3.8, 4) is 0 Å². The molecule has 0 bridgehead atoms. The molecule has 0 spiro atoms. The molecule has 0 aliphatic heterocycles. The van der Waals surface area contributed by atoms with Crippen molar-refractivity contribution in [1.29, 1.82) is 0 Å². The van der Waals surface area contributed by atoms with Gasteiger partial charge in [-0.25, -0.2) is 0 Å². The first-order valence-electron chi connectivity index (χ1n) is 3.22. The van der Waals surface area contributed by atoms with Gasteiger partial charge in [0, 0.05) is 0 Å². The summed E-state index contributed by atoms with van der Waals surface area (Å²) in [7, 11) is 0. The third kappa shape index (κ3) is 2.60. The van der Waals surface area contributed by atoms with Gasteiger partial charge < -0.3 is 0 Å². The maximum Gasteiger partial charge on any atom is -0.0262 e. The number of halogens is 1. The van der Waals surface area contributed by atoms with E-state index in [0.29, 0.717) is 0 Å². The Bertz CT molecular complexity index is 207. The van der Waals surface area contributed by atoms with Gasteiger partial charge in [-0.05, 0) is 11.1 Å². The van der Waals surface area contributed by atoms with Crippen molar-refractivity contribution >= 4 is 24.6 Å². The quantitative estimate of drug-likeness (QED) is 0.632. The van der Waals surface area contributed by atoms with Crippen LogP contribution in [0.2, 0.25) is 0 Å². The predicted octanol–water partition coefficient (Wildman–Crippen LogP) is 3.39. The van der Waals surface area contributed by atoms with Crippen LogP contribution in [0.4, 0.5) is 0 Å². The van der Waals surface area contributed by atoms with Gasteiger partial charge in [0.25, 0.3) is 0 Å². The molecule has 0 heterocycles. The minimum Gasteiger partial charge on any atom is -0.147 e. The lowest BCUT2D eigenvalue weighted by Crippen LogP contribution is -1.71. The van der Waals surface area contributed by atoms with Crippen LogP contribution in [0.1, 0.15) is 11.1 Å². The van der Waals surface area contributed by atoms with Gasteiger partial charge in [0.2, 0.25) is 0 Å². The van der Waals surface area contributed by atoms with E-state index in [1.54, 1.807) is 0 Å². The molecule has 0 N–H and O–H groups in total. The fourth-order valence-corrected chi connectivity index (χ4v) is 0.768. The molecule has 1 aromatic carbocycles. The van der Waals surface area contributed by atoms with Gasteiger partial charge in [0.05, 0.1) is 0 Å². The third-order valence-electron chi connectivity index (χ3n) is 1.41. The van der Waals surface area contributed by atoms with E-state index in [4.69, 9.17) is 0 Å². The van der Waals surface area contributed by atoms with Gasteiger partial charge in [-0.2, -0.15) is 0 Å². The first kappa shape index (κ1) is 9.99. The van der Waals surface area contributed by atoms with Gasteiger partial charge in [-0.15, -0.1) is 12.4 Å². The van der Waals surface area contributed by atoms with Gasteiger partial charge in [0.1, 0.15) is 0 Å². The molecule has 1 rings (SSSR count). The average molecular weight is 167 g/mol. The first-order valence-corrected chi connectivity index (χ1v) is 3.22. The monoisotopic (exact) mass is 166 g/mol. The van der Waals surface area contributed by atoms with Crippen LogP contribution in [0.25, 0.3) is 12.2 Å². The number of benzene rings is 1. The summed E-state index contributed by atoms with van der Waals surface area (Å²) in [6.45, 7) is 7.32. The molecular weight excluding hydrogens is 156 g/mol. The lowest BCUT2D eigenvalue weighted by atomic mass is 10.1. The van der Waals surface area contributed by atoms with Crippen molar-refractivity contribution < 1.29 is 0 Å². The highest BCUT2D eigenvalue weighted by atomic mass is 35.5. The van der Waals surface area contributed by atoms with Gasteiger partial charge in [-0.3, -0.25) is 0 Å². The van der Waals surface area contributed by atoms with Crippen molar-refractivity contribution in [1.82, 2.24) is 0 Å². The van der Waals surface area contributed by atoms with E-state index in [-0.39, 0.29) is 12.4 Å². The molecule has 0 saturated heterocycles. The van der Waals surface area contributed by atoms with Crippen LogP contribution in [0, 0.1) is 0 Å². The fourth-order valence-electron chi connectivity index (χ4n) is 0.768. The molecule has 0 aromatic heterocycles. The molecule has 0 nitrogen and oxygen atoms in total. The number of hydrogen-bond donors (Lipinski definition) is 0. The highest BCUT2D eigenvalue weighted by molar-refractivity contribution is 5.85. The first-order chi connectivity index (χ1) is 4.86. The second-order valence-corrected chi connectivity index (χ2v) is 2.07. The summed E-state index contributed by atoms with van der Waals surface area (Å²) in [5.41, 5.74) is 2.29. The van der Waals surface area contributed by atoms with Crippen molar-refractivity contribution in [2.24, 2.45) is 0 Å². The van der Waals surface area contributed by atoms with Crippen LogP contribution in [-0.2, 0) is 0 Å². The SMILES string of the molecule is C=Cc1ccc(C=C)cc1.Cl. The molecule has 0 unspecified atom stereocenters. The van der Waals surface area contributed by atoms with E-state index in [9.17, 15) is 0 Å². The second kappa shape index (κ2) is 4.75. The Morgan fingerprint density at radius 3 is 1.27 bits per heavy atom. The Labute approximate surface area is 73.7 Å². The van der Waals surface area contributed by atoms with Crippen LogP contribution < -0.4 is 0 Å². The highest BCUT2D eigenvalue weighted by Gasteiger charge is 1.84. The molecule has 58 valence electrons. The Morgan fingerprint density at radius 2 is 1.09 bits per heavy atom. The zero-order chi connectivity index (χ0) is 7.40. The average Bonchev–Trinajstić information content (AvgIpc) is 2.05. The molecule has 1 heteroatoms. The van der Waals surface area contributed by atoms with E-state index >= 15 is 0 Å². The Morgan fingerprint density at radius 1 is 0.818 bits per heavy atom. The van der Waals surface area contributed by atoms with Crippen molar-refractivity contribution in [2.45, 2.75) is 0 Å². The van der Waals surface area contributed by atoms with Crippen molar-refractivity contribution in [2.75, 3.05) is 0 Å². The van der Waals surface area contributed by atoms with Crippen LogP contribution in [-0.4, -0.2) is 0 Å². The predicted molar refractivity (Wildman–Crippen MR) is 53.9 cm³/mol. The molecule has 0 atom stereocenters. The molecular formula is C10H11Cl. The molecule has 0 radical (unpaired) electrons. The Balaban J connectivity index is 0.000001000. The topological polar surface area (TPSA) is 0 Å². The Hall–Kier alpha value is -1.01. The minimum atomic E-state index is 0. The second-order valence-electron chi connectivity index (χ2n) is 2.07. The van der Waals surface area contributed by atoms with Crippen LogP contribution in [0.5, 0.6) is 0 Å². The fraction of sp³-hybridized carbons (Fsp3) is 0. The van der Waals surface area contributed by atoms with Crippen molar-refractivity contribution in [3.05, 3.63) is 48.6 Å². The van der Waals surface area contributed by atoms with E-state index in [1.165, 1.54) is 0 Å². The van der Waals surface area contributed by atoms with E-state index in [2.05, 4.69) is 13.2 Å². The normalized spacial score (nSPS) is 8.00. The summed E-state index contributed by atoms with van der Waals surface area (Å²) in [4.78, 5) is 0. The summed E-state index contributed by atoms with van der Waals surface area (Å²) < 4.78 is 0. The summed E-state index contributed by atoms with van der Waals surface area (Å²) in [5.74, 6) is 0. The largest absolute Gasteiger partial charge is 0.147 e. The smallest absolute Gasteiger partial charge is 0.0262 e. The Kier molecular flexibility index (Phi) is 4.32. The lowest BCUT2D eigenvalue weighted by molar-refractivity contribution is 1.63. The zero-order valence-electron chi connectivity index (χ0n) is 6.29. The molecule has 0 fully saturated rings. The standard InChI is InChI=1S/C10H10.ClH/c1-3-9-5-7-10(4-2)8-6-9;/h3-8H,1-2H2;1H. The zero-order valence-corrected chi connectivity index (χ0v) is 7.10. The molecule has 0 aliphatic rings. The van der Waals surface area contributed by atoms with Crippen LogP contribution in [0.15, 0.2) is 37.4 Å². The molecule has 11 heavy (non-hydrogen) atoms. The molecule has 0 saturated carbocycles. The van der Waals surface area contributed by atoms with E-state index in [0.717, 1.165) is 11.1 Å². The van der Waals surface area contributed by atoms with Gasteiger partial charge in [-0.1, -0.05) is 49.6 Å². The summed E-state index contributed by atoms with van der Waals surface area (Å²) in [6.07, 6.45) is 3.65. The summed E-state index contributed by atoms with van der Waals surface area (Å²) in [5, 5.41) is 0. The molecule has 0 aliphatic carbocycles. The number of rotatable bonds is 2. The highest BCUT2D eigenvalue weighted by Crippen LogP contribution is 2.05. The number of hydrogen-bond acceptors (Lipinski definition) is 0. The van der Waals surface area contributed by atoms with Crippen molar-refractivity contribution in [3.63, 3.8) is 0 Å². The molecule has 1 aromatic rings. The van der Waals surface area contributed by atoms with Crippen LogP contribution in [0.3, 0.4) is 0 Å².